The Hall–Kier alpha value is -2.04. The van der Waals surface area contributed by atoms with Crippen molar-refractivity contribution in [2.75, 3.05) is 5.06 Å². The largest absolute Gasteiger partial charge is 0.488 e. The molecule has 2 aromatic carbocycles. The average Bonchev–Trinajstić information content (AvgIpc) is 2.53. The van der Waals surface area contributed by atoms with Gasteiger partial charge in [0, 0.05) is 17.0 Å². The summed E-state index contributed by atoms with van der Waals surface area (Å²) in [5.74, 6) is 0.341. The van der Waals surface area contributed by atoms with Gasteiger partial charge in [0.15, 0.2) is 0 Å². The van der Waals surface area contributed by atoms with Crippen molar-refractivity contribution in [3.05, 3.63) is 58.1 Å². The van der Waals surface area contributed by atoms with E-state index in [-0.39, 0.29) is 13.0 Å². The molecule has 0 aliphatic rings. The molecule has 0 aliphatic heterocycles. The van der Waals surface area contributed by atoms with Crippen LogP contribution in [0.15, 0.2) is 36.4 Å². The molecule has 2 rings (SSSR count). The summed E-state index contributed by atoms with van der Waals surface area (Å²) in [6.45, 7) is 5.83. The monoisotopic (exact) mass is 333 g/mol. The number of hydrogen-bond donors (Lipinski definition) is 1. The number of amides is 1. The molecule has 4 nitrogen and oxygen atoms in total. The van der Waals surface area contributed by atoms with E-state index in [2.05, 4.69) is 0 Å². The van der Waals surface area contributed by atoms with E-state index >= 15 is 0 Å². The van der Waals surface area contributed by atoms with E-state index in [1.807, 2.05) is 32.0 Å². The maximum absolute atomic E-state index is 11.7. The zero-order valence-corrected chi connectivity index (χ0v) is 14.2. The van der Waals surface area contributed by atoms with Gasteiger partial charge < -0.3 is 4.74 Å². The van der Waals surface area contributed by atoms with Gasteiger partial charge >= 0.3 is 0 Å². The first kappa shape index (κ1) is 17.3. The highest BCUT2D eigenvalue weighted by Gasteiger charge is 2.18. The Balaban J connectivity index is 2.27. The summed E-state index contributed by atoms with van der Waals surface area (Å²) in [5.41, 5.74) is 3.08. The standard InChI is InChI=1S/C18H20ClNO3/c1-4-18(21)20(22)16-7-5-6-15(19)14(16)11-23-17-9-8-12(2)10-13(17)3/h5-10,22H,4,11H2,1-3H3. The smallest absolute Gasteiger partial charge is 0.250 e. The fourth-order valence-electron chi connectivity index (χ4n) is 2.28. The predicted molar refractivity (Wildman–Crippen MR) is 91.3 cm³/mol. The zero-order valence-electron chi connectivity index (χ0n) is 13.5. The Morgan fingerprint density at radius 2 is 2.00 bits per heavy atom. The number of anilines is 1. The van der Waals surface area contributed by atoms with Crippen LogP contribution in [-0.2, 0) is 11.4 Å². The lowest BCUT2D eigenvalue weighted by Gasteiger charge is -2.19. The lowest BCUT2D eigenvalue weighted by Crippen LogP contribution is -2.27. The number of halogens is 1. The molecule has 0 heterocycles. The number of rotatable bonds is 5. The zero-order chi connectivity index (χ0) is 17.0. The molecule has 0 aromatic heterocycles. The molecule has 0 saturated heterocycles. The third-order valence-electron chi connectivity index (χ3n) is 3.56. The summed E-state index contributed by atoms with van der Waals surface area (Å²) in [6.07, 6.45) is 0.195. The van der Waals surface area contributed by atoms with Gasteiger partial charge in [-0.1, -0.05) is 42.3 Å². The topological polar surface area (TPSA) is 49.8 Å². The molecule has 1 N–H and O–H groups in total. The second kappa shape index (κ2) is 7.49. The van der Waals surface area contributed by atoms with Crippen LogP contribution in [0.1, 0.15) is 30.0 Å². The summed E-state index contributed by atoms with van der Waals surface area (Å²) in [4.78, 5) is 11.7. The van der Waals surface area contributed by atoms with Crippen molar-refractivity contribution < 1.29 is 14.7 Å². The Kier molecular flexibility index (Phi) is 5.64. The minimum absolute atomic E-state index is 0.160. The third-order valence-corrected chi connectivity index (χ3v) is 3.92. The second-order valence-electron chi connectivity index (χ2n) is 5.35. The van der Waals surface area contributed by atoms with Crippen molar-refractivity contribution in [2.45, 2.75) is 33.8 Å². The highest BCUT2D eigenvalue weighted by molar-refractivity contribution is 6.31. The van der Waals surface area contributed by atoms with Crippen LogP contribution in [0.25, 0.3) is 0 Å². The molecule has 0 radical (unpaired) electrons. The van der Waals surface area contributed by atoms with Crippen molar-refractivity contribution in [1.82, 2.24) is 0 Å². The van der Waals surface area contributed by atoms with Gasteiger partial charge in [-0.25, -0.2) is 0 Å². The van der Waals surface area contributed by atoms with Crippen LogP contribution < -0.4 is 9.80 Å². The first-order chi connectivity index (χ1) is 10.9. The highest BCUT2D eigenvalue weighted by Crippen LogP contribution is 2.29. The van der Waals surface area contributed by atoms with Crippen LogP contribution in [0.3, 0.4) is 0 Å². The van der Waals surface area contributed by atoms with Crippen molar-refractivity contribution in [1.29, 1.82) is 0 Å². The fourth-order valence-corrected chi connectivity index (χ4v) is 2.51. The lowest BCUT2D eigenvalue weighted by molar-refractivity contribution is -0.123. The minimum Gasteiger partial charge on any atom is -0.488 e. The van der Waals surface area contributed by atoms with Gasteiger partial charge in [-0.2, -0.15) is 5.06 Å². The van der Waals surface area contributed by atoms with Gasteiger partial charge in [-0.05, 0) is 37.6 Å². The quantitative estimate of drug-likeness (QED) is 0.639. The first-order valence-electron chi connectivity index (χ1n) is 7.43. The van der Waals surface area contributed by atoms with Crippen molar-refractivity contribution in [3.8, 4) is 5.75 Å². The van der Waals surface area contributed by atoms with E-state index in [1.165, 1.54) is 0 Å². The van der Waals surface area contributed by atoms with Gasteiger partial charge in [0.25, 0.3) is 0 Å². The number of carbonyl (C=O) groups is 1. The van der Waals surface area contributed by atoms with Crippen molar-refractivity contribution in [3.63, 3.8) is 0 Å². The number of hydroxylamine groups is 1. The average molecular weight is 334 g/mol. The third kappa shape index (κ3) is 4.03. The van der Waals surface area contributed by atoms with E-state index < -0.39 is 5.91 Å². The molecular weight excluding hydrogens is 314 g/mol. The number of benzene rings is 2. The van der Waals surface area contributed by atoms with Crippen molar-refractivity contribution in [2.24, 2.45) is 0 Å². The van der Waals surface area contributed by atoms with E-state index in [0.29, 0.717) is 21.3 Å². The normalized spacial score (nSPS) is 10.5. The van der Waals surface area contributed by atoms with Gasteiger partial charge in [0.1, 0.15) is 12.4 Å². The number of nitrogens with zero attached hydrogens (tertiary/aromatic N) is 1. The molecule has 23 heavy (non-hydrogen) atoms. The van der Waals surface area contributed by atoms with Crippen LogP contribution in [0, 0.1) is 13.8 Å². The Labute approximate surface area is 141 Å². The van der Waals surface area contributed by atoms with Crippen molar-refractivity contribution >= 4 is 23.2 Å². The summed E-state index contributed by atoms with van der Waals surface area (Å²) in [5, 5.41) is 11.1. The highest BCUT2D eigenvalue weighted by atomic mass is 35.5. The van der Waals surface area contributed by atoms with Crippen LogP contribution in [-0.4, -0.2) is 11.1 Å². The minimum atomic E-state index is -0.403. The van der Waals surface area contributed by atoms with E-state index in [9.17, 15) is 10.0 Å². The Morgan fingerprint density at radius 3 is 2.65 bits per heavy atom. The molecule has 5 heteroatoms. The van der Waals surface area contributed by atoms with Gasteiger partial charge in [-0.15, -0.1) is 0 Å². The molecule has 2 aromatic rings. The first-order valence-corrected chi connectivity index (χ1v) is 7.81. The summed E-state index contributed by atoms with van der Waals surface area (Å²) in [7, 11) is 0. The number of hydrogen-bond acceptors (Lipinski definition) is 3. The number of ether oxygens (including phenoxy) is 1. The van der Waals surface area contributed by atoms with Crippen LogP contribution in [0.5, 0.6) is 5.75 Å². The Morgan fingerprint density at radius 1 is 1.26 bits per heavy atom. The number of carbonyl (C=O) groups excluding carboxylic acids is 1. The number of aryl methyl sites for hydroxylation is 2. The lowest BCUT2D eigenvalue weighted by atomic mass is 10.1. The van der Waals surface area contributed by atoms with Crippen LogP contribution >= 0.6 is 11.6 Å². The van der Waals surface area contributed by atoms with Gasteiger partial charge in [0.05, 0.1) is 5.69 Å². The van der Waals surface area contributed by atoms with E-state index in [1.54, 1.807) is 25.1 Å². The Bertz CT molecular complexity index is 715. The summed E-state index contributed by atoms with van der Waals surface area (Å²) in [6, 6.07) is 10.9. The maximum Gasteiger partial charge on any atom is 0.250 e. The molecule has 0 bridgehead atoms. The predicted octanol–water partition coefficient (Wildman–Crippen LogP) is 4.67. The molecular formula is C18H20ClNO3. The molecule has 0 aliphatic carbocycles. The second-order valence-corrected chi connectivity index (χ2v) is 5.76. The van der Waals surface area contributed by atoms with E-state index in [0.717, 1.165) is 16.9 Å². The molecule has 0 atom stereocenters. The van der Waals surface area contributed by atoms with Crippen LogP contribution in [0.4, 0.5) is 5.69 Å². The summed E-state index contributed by atoms with van der Waals surface area (Å²) < 4.78 is 5.83. The molecule has 0 unspecified atom stereocenters. The van der Waals surface area contributed by atoms with E-state index in [4.69, 9.17) is 16.3 Å². The molecule has 122 valence electrons. The van der Waals surface area contributed by atoms with Gasteiger partial charge in [-0.3, -0.25) is 10.0 Å². The molecule has 1 amide bonds. The molecule has 0 spiro atoms. The molecule has 0 saturated carbocycles. The summed E-state index contributed by atoms with van der Waals surface area (Å²) >= 11 is 6.22. The maximum atomic E-state index is 11.7. The van der Waals surface area contributed by atoms with Crippen LogP contribution in [0.2, 0.25) is 5.02 Å². The molecule has 0 fully saturated rings. The fraction of sp³-hybridized carbons (Fsp3) is 0.278. The SMILES string of the molecule is CCC(=O)N(O)c1cccc(Cl)c1COc1ccc(C)cc1C. The van der Waals surface area contributed by atoms with Gasteiger partial charge in [0.2, 0.25) is 5.91 Å².